The predicted molar refractivity (Wildman–Crippen MR) is 173 cm³/mol. The lowest BCUT2D eigenvalue weighted by molar-refractivity contribution is -0.141. The van der Waals surface area contributed by atoms with Crippen LogP contribution in [0.2, 0.25) is 10.0 Å². The molecule has 3 rings (SSSR count). The van der Waals surface area contributed by atoms with Crippen LogP contribution in [0.15, 0.2) is 72.8 Å². The SMILES string of the molecule is CCCNC(=O)[C@H](Cc1ccccc1)N(Cc1c(Cl)cccc1Cl)C(=O)CCCN(c1ccccc1OCC)S(C)(=O)=O. The molecule has 2 amide bonds. The van der Waals surface area contributed by atoms with Crippen molar-refractivity contribution in [3.63, 3.8) is 0 Å². The molecule has 0 heterocycles. The number of para-hydroxylation sites is 2. The Hall–Kier alpha value is -3.27. The maximum Gasteiger partial charge on any atom is 0.243 e. The van der Waals surface area contributed by atoms with Gasteiger partial charge < -0.3 is 15.0 Å². The fourth-order valence-electron chi connectivity index (χ4n) is 4.70. The highest BCUT2D eigenvalue weighted by Gasteiger charge is 2.31. The van der Waals surface area contributed by atoms with E-state index in [9.17, 15) is 18.0 Å². The number of carbonyl (C=O) groups excluding carboxylic acids is 2. The molecule has 1 atom stereocenters. The van der Waals surface area contributed by atoms with Crippen LogP contribution in [-0.4, -0.2) is 57.1 Å². The summed E-state index contributed by atoms with van der Waals surface area (Å²) in [5.74, 6) is -0.173. The molecule has 0 aliphatic heterocycles. The minimum absolute atomic E-state index is 0.0113. The summed E-state index contributed by atoms with van der Waals surface area (Å²) in [7, 11) is -3.69. The van der Waals surface area contributed by atoms with E-state index in [0.717, 1.165) is 18.2 Å². The van der Waals surface area contributed by atoms with E-state index in [1.54, 1.807) is 42.5 Å². The van der Waals surface area contributed by atoms with Crippen LogP contribution in [0.3, 0.4) is 0 Å². The van der Waals surface area contributed by atoms with Gasteiger partial charge in [0.15, 0.2) is 0 Å². The average Bonchev–Trinajstić information content (AvgIpc) is 2.97. The quantitative estimate of drug-likeness (QED) is 0.203. The number of anilines is 1. The summed E-state index contributed by atoms with van der Waals surface area (Å²) in [5, 5.41) is 3.70. The minimum Gasteiger partial charge on any atom is -0.492 e. The van der Waals surface area contributed by atoms with Crippen molar-refractivity contribution in [2.45, 2.75) is 52.1 Å². The van der Waals surface area contributed by atoms with E-state index in [-0.39, 0.29) is 44.2 Å². The van der Waals surface area contributed by atoms with Gasteiger partial charge in [-0.05, 0) is 49.6 Å². The van der Waals surface area contributed by atoms with Crippen molar-refractivity contribution in [2.75, 3.05) is 30.3 Å². The van der Waals surface area contributed by atoms with Gasteiger partial charge in [0.25, 0.3) is 0 Å². The lowest BCUT2D eigenvalue weighted by Crippen LogP contribution is -2.50. The van der Waals surface area contributed by atoms with Crippen molar-refractivity contribution in [1.82, 2.24) is 10.2 Å². The third-order valence-corrected chi connectivity index (χ3v) is 8.68. The molecule has 232 valence electrons. The number of nitrogens with zero attached hydrogens (tertiary/aromatic N) is 2. The first-order valence-electron chi connectivity index (χ1n) is 14.3. The molecule has 1 N–H and O–H groups in total. The number of hydrogen-bond donors (Lipinski definition) is 1. The molecule has 0 fully saturated rings. The maximum absolute atomic E-state index is 14.0. The van der Waals surface area contributed by atoms with Crippen LogP contribution in [0, 0.1) is 0 Å². The number of ether oxygens (including phenoxy) is 1. The van der Waals surface area contributed by atoms with Crippen LogP contribution < -0.4 is 14.4 Å². The molecule has 43 heavy (non-hydrogen) atoms. The normalized spacial score (nSPS) is 11.9. The van der Waals surface area contributed by atoms with Crippen LogP contribution >= 0.6 is 23.2 Å². The van der Waals surface area contributed by atoms with Gasteiger partial charge in [0.05, 0.1) is 18.6 Å². The third-order valence-electron chi connectivity index (χ3n) is 6.80. The first-order chi connectivity index (χ1) is 20.6. The number of halogens is 2. The van der Waals surface area contributed by atoms with Crippen molar-refractivity contribution in [3.8, 4) is 5.75 Å². The lowest BCUT2D eigenvalue weighted by atomic mass is 10.0. The highest BCUT2D eigenvalue weighted by Crippen LogP contribution is 2.31. The fourth-order valence-corrected chi connectivity index (χ4v) is 6.18. The lowest BCUT2D eigenvalue weighted by Gasteiger charge is -2.32. The number of carbonyl (C=O) groups is 2. The average molecular weight is 649 g/mol. The van der Waals surface area contributed by atoms with E-state index in [2.05, 4.69) is 5.32 Å². The van der Waals surface area contributed by atoms with Crippen molar-refractivity contribution in [3.05, 3.63) is 94.0 Å². The summed E-state index contributed by atoms with van der Waals surface area (Å²) in [6.45, 7) is 4.66. The largest absolute Gasteiger partial charge is 0.492 e. The minimum atomic E-state index is -3.69. The number of sulfonamides is 1. The Balaban J connectivity index is 1.93. The molecule has 0 spiro atoms. The number of nitrogens with one attached hydrogen (secondary N) is 1. The highest BCUT2D eigenvalue weighted by atomic mass is 35.5. The summed E-state index contributed by atoms with van der Waals surface area (Å²) in [4.78, 5) is 29.0. The molecular weight excluding hydrogens is 609 g/mol. The van der Waals surface area contributed by atoms with Gasteiger partial charge in [0, 0.05) is 48.1 Å². The summed E-state index contributed by atoms with van der Waals surface area (Å²) in [6, 6.07) is 20.6. The van der Waals surface area contributed by atoms with Gasteiger partial charge in [-0.25, -0.2) is 8.42 Å². The van der Waals surface area contributed by atoms with Crippen LogP contribution in [0.4, 0.5) is 5.69 Å². The molecule has 0 aliphatic rings. The molecule has 0 radical (unpaired) electrons. The van der Waals surface area contributed by atoms with E-state index in [1.165, 1.54) is 9.21 Å². The monoisotopic (exact) mass is 647 g/mol. The Labute approximate surface area is 265 Å². The third kappa shape index (κ3) is 9.88. The standard InChI is InChI=1S/C32H39Cl2N3O5S/c1-4-20-35-32(39)29(22-24-13-7-6-8-14-24)36(23-25-26(33)15-11-16-27(25)34)31(38)19-12-21-37(43(3,40)41)28-17-9-10-18-30(28)42-5-2/h6-11,13-18,29H,4-5,12,19-23H2,1-3H3,(H,35,39)/t29-/m0/s1. The Bertz CT molecular complexity index is 1450. The first-order valence-corrected chi connectivity index (χ1v) is 16.9. The molecule has 3 aromatic carbocycles. The molecular formula is C32H39Cl2N3O5S. The summed E-state index contributed by atoms with van der Waals surface area (Å²) < 4.78 is 32.5. The van der Waals surface area contributed by atoms with E-state index in [0.29, 0.717) is 40.2 Å². The van der Waals surface area contributed by atoms with Gasteiger partial charge in [0.1, 0.15) is 11.8 Å². The molecule has 0 saturated carbocycles. The van der Waals surface area contributed by atoms with Gasteiger partial charge in [-0.15, -0.1) is 0 Å². The van der Waals surface area contributed by atoms with Crippen LogP contribution in [0.1, 0.15) is 44.2 Å². The van der Waals surface area contributed by atoms with Gasteiger partial charge in [-0.2, -0.15) is 0 Å². The number of rotatable bonds is 16. The topological polar surface area (TPSA) is 96.0 Å². The molecule has 11 heteroatoms. The molecule has 0 aromatic heterocycles. The molecule has 0 unspecified atom stereocenters. The zero-order valence-electron chi connectivity index (χ0n) is 24.8. The summed E-state index contributed by atoms with van der Waals surface area (Å²) in [6.07, 6.45) is 2.32. The Morgan fingerprint density at radius 3 is 2.21 bits per heavy atom. The molecule has 8 nitrogen and oxygen atoms in total. The second-order valence-corrected chi connectivity index (χ2v) is 12.8. The van der Waals surface area contributed by atoms with Crippen molar-refractivity contribution in [1.29, 1.82) is 0 Å². The first kappa shape index (κ1) is 34.2. The summed E-state index contributed by atoms with van der Waals surface area (Å²) >= 11 is 13.0. The van der Waals surface area contributed by atoms with E-state index >= 15 is 0 Å². The number of hydrogen-bond acceptors (Lipinski definition) is 5. The predicted octanol–water partition coefficient (Wildman–Crippen LogP) is 6.10. The molecule has 0 aliphatic carbocycles. The zero-order valence-corrected chi connectivity index (χ0v) is 27.1. The molecule has 0 saturated heterocycles. The zero-order chi connectivity index (χ0) is 31.4. The second-order valence-electron chi connectivity index (χ2n) is 10.1. The fraction of sp³-hybridized carbons (Fsp3) is 0.375. The Morgan fingerprint density at radius 1 is 0.930 bits per heavy atom. The van der Waals surface area contributed by atoms with Gasteiger partial charge in [0.2, 0.25) is 21.8 Å². The van der Waals surface area contributed by atoms with E-state index in [4.69, 9.17) is 27.9 Å². The smallest absolute Gasteiger partial charge is 0.243 e. The van der Waals surface area contributed by atoms with Crippen molar-refractivity contribution >= 4 is 50.7 Å². The Kier molecular flexibility index (Phi) is 13.2. The van der Waals surface area contributed by atoms with Gasteiger partial charge in [-0.3, -0.25) is 13.9 Å². The number of benzene rings is 3. The van der Waals surface area contributed by atoms with Gasteiger partial charge >= 0.3 is 0 Å². The number of amides is 2. The highest BCUT2D eigenvalue weighted by molar-refractivity contribution is 7.92. The van der Waals surface area contributed by atoms with Gasteiger partial charge in [-0.1, -0.05) is 78.7 Å². The van der Waals surface area contributed by atoms with Crippen LogP contribution in [0.5, 0.6) is 5.75 Å². The second kappa shape index (κ2) is 16.5. The van der Waals surface area contributed by atoms with Crippen LogP contribution in [0.25, 0.3) is 0 Å². The van der Waals surface area contributed by atoms with Crippen molar-refractivity contribution < 1.29 is 22.7 Å². The Morgan fingerprint density at radius 2 is 1.58 bits per heavy atom. The van der Waals surface area contributed by atoms with E-state index < -0.39 is 16.1 Å². The van der Waals surface area contributed by atoms with Crippen LogP contribution in [-0.2, 0) is 32.6 Å². The van der Waals surface area contributed by atoms with Crippen molar-refractivity contribution in [2.24, 2.45) is 0 Å². The maximum atomic E-state index is 14.0. The molecule has 0 bridgehead atoms. The molecule has 3 aromatic rings. The summed E-state index contributed by atoms with van der Waals surface area (Å²) in [5.41, 5.74) is 1.82. The van der Waals surface area contributed by atoms with E-state index in [1.807, 2.05) is 44.2 Å².